The summed E-state index contributed by atoms with van der Waals surface area (Å²) >= 11 is 5.97. The standard InChI is InChI=1S/C13H18ClNO4/c1-9(17-2)7-19-10-5-11(15-12(14)6-10)13(16)3-4-18-8-13/h5-6,9,16H,3-4,7-8H2,1-2H3. The Kier molecular flexibility index (Phi) is 4.62. The maximum absolute atomic E-state index is 10.4. The van der Waals surface area contributed by atoms with E-state index < -0.39 is 5.60 Å². The lowest BCUT2D eigenvalue weighted by atomic mass is 9.98. The minimum Gasteiger partial charge on any atom is -0.491 e. The Morgan fingerprint density at radius 3 is 3.00 bits per heavy atom. The van der Waals surface area contributed by atoms with Gasteiger partial charge in [-0.1, -0.05) is 11.6 Å². The number of aromatic nitrogens is 1. The molecular formula is C13H18ClNO4. The number of methoxy groups -OCH3 is 1. The summed E-state index contributed by atoms with van der Waals surface area (Å²) in [5.74, 6) is 0.569. The second-order valence-corrected chi connectivity index (χ2v) is 5.09. The van der Waals surface area contributed by atoms with E-state index in [0.29, 0.717) is 31.1 Å². The van der Waals surface area contributed by atoms with Crippen LogP contribution < -0.4 is 4.74 Å². The van der Waals surface area contributed by atoms with Crippen LogP contribution in [0.25, 0.3) is 0 Å². The van der Waals surface area contributed by atoms with E-state index in [9.17, 15) is 5.11 Å². The van der Waals surface area contributed by atoms with Gasteiger partial charge in [-0.2, -0.15) is 0 Å². The zero-order chi connectivity index (χ0) is 13.9. The summed E-state index contributed by atoms with van der Waals surface area (Å²) in [7, 11) is 1.62. The van der Waals surface area contributed by atoms with Crippen molar-refractivity contribution in [3.63, 3.8) is 0 Å². The maximum atomic E-state index is 10.4. The van der Waals surface area contributed by atoms with Gasteiger partial charge in [0.2, 0.25) is 0 Å². The number of hydrogen-bond acceptors (Lipinski definition) is 5. The first-order chi connectivity index (χ1) is 9.03. The molecule has 1 fully saturated rings. The SMILES string of the molecule is COC(C)COc1cc(Cl)nc(C2(O)CCOC2)c1. The first-order valence-corrected chi connectivity index (χ1v) is 6.55. The number of halogens is 1. The maximum Gasteiger partial charge on any atom is 0.133 e. The van der Waals surface area contributed by atoms with Crippen molar-refractivity contribution < 1.29 is 19.3 Å². The average Bonchev–Trinajstić information content (AvgIpc) is 2.83. The summed E-state index contributed by atoms with van der Waals surface area (Å²) in [5.41, 5.74) is -0.590. The van der Waals surface area contributed by atoms with E-state index in [1.165, 1.54) is 0 Å². The molecule has 0 aromatic carbocycles. The molecule has 5 nitrogen and oxygen atoms in total. The Balaban J connectivity index is 2.15. The van der Waals surface area contributed by atoms with Crippen molar-refractivity contribution in [2.45, 2.75) is 25.0 Å². The number of pyridine rings is 1. The minimum atomic E-state index is -1.07. The van der Waals surface area contributed by atoms with E-state index in [1.807, 2.05) is 6.92 Å². The summed E-state index contributed by atoms with van der Waals surface area (Å²) in [6.07, 6.45) is 0.488. The molecule has 1 aliphatic rings. The van der Waals surface area contributed by atoms with Crippen molar-refractivity contribution in [2.75, 3.05) is 26.9 Å². The van der Waals surface area contributed by atoms with Crippen molar-refractivity contribution in [3.8, 4) is 5.75 Å². The molecule has 2 unspecified atom stereocenters. The van der Waals surface area contributed by atoms with Crippen LogP contribution in [-0.2, 0) is 15.1 Å². The fourth-order valence-electron chi connectivity index (χ4n) is 1.83. The van der Waals surface area contributed by atoms with Gasteiger partial charge in [0.05, 0.1) is 18.4 Å². The van der Waals surface area contributed by atoms with Gasteiger partial charge in [-0.25, -0.2) is 4.98 Å². The van der Waals surface area contributed by atoms with Gasteiger partial charge >= 0.3 is 0 Å². The van der Waals surface area contributed by atoms with Crippen LogP contribution in [0.2, 0.25) is 5.15 Å². The zero-order valence-electron chi connectivity index (χ0n) is 11.1. The van der Waals surface area contributed by atoms with Gasteiger partial charge in [0.15, 0.2) is 0 Å². The Morgan fingerprint density at radius 2 is 2.37 bits per heavy atom. The van der Waals surface area contributed by atoms with Crippen LogP contribution in [-0.4, -0.2) is 43.1 Å². The number of ether oxygens (including phenoxy) is 3. The molecule has 2 rings (SSSR count). The quantitative estimate of drug-likeness (QED) is 0.836. The molecule has 0 saturated carbocycles. The first-order valence-electron chi connectivity index (χ1n) is 6.17. The predicted octanol–water partition coefficient (Wildman–Crippen LogP) is 1.76. The van der Waals surface area contributed by atoms with E-state index in [2.05, 4.69) is 4.98 Å². The fourth-order valence-corrected chi connectivity index (χ4v) is 2.03. The van der Waals surface area contributed by atoms with E-state index in [1.54, 1.807) is 19.2 Å². The molecule has 0 amide bonds. The van der Waals surface area contributed by atoms with Gasteiger partial charge < -0.3 is 19.3 Å². The molecule has 1 aromatic heterocycles. The van der Waals surface area contributed by atoms with E-state index in [4.69, 9.17) is 25.8 Å². The van der Waals surface area contributed by atoms with Gasteiger partial charge in [-0.15, -0.1) is 0 Å². The summed E-state index contributed by atoms with van der Waals surface area (Å²) in [5, 5.41) is 10.7. The lowest BCUT2D eigenvalue weighted by Crippen LogP contribution is -2.27. The Hall–Kier alpha value is -0.880. The molecule has 2 heterocycles. The molecule has 6 heteroatoms. The fraction of sp³-hybridized carbons (Fsp3) is 0.615. The molecule has 1 N–H and O–H groups in total. The molecular weight excluding hydrogens is 270 g/mol. The van der Waals surface area contributed by atoms with Gasteiger partial charge in [0, 0.05) is 32.3 Å². The van der Waals surface area contributed by atoms with E-state index in [-0.39, 0.29) is 17.9 Å². The van der Waals surface area contributed by atoms with Gasteiger partial charge in [-0.3, -0.25) is 0 Å². The number of aliphatic hydroxyl groups is 1. The second kappa shape index (κ2) is 6.05. The molecule has 0 spiro atoms. The Morgan fingerprint density at radius 1 is 1.58 bits per heavy atom. The summed E-state index contributed by atoms with van der Waals surface area (Å²) in [6, 6.07) is 3.32. The molecule has 2 atom stereocenters. The average molecular weight is 288 g/mol. The number of nitrogens with zero attached hydrogens (tertiary/aromatic N) is 1. The summed E-state index contributed by atoms with van der Waals surface area (Å²) in [4.78, 5) is 4.16. The predicted molar refractivity (Wildman–Crippen MR) is 70.5 cm³/mol. The minimum absolute atomic E-state index is 0.0201. The lowest BCUT2D eigenvalue weighted by Gasteiger charge is -2.21. The molecule has 0 bridgehead atoms. The third-order valence-electron chi connectivity index (χ3n) is 3.13. The number of hydrogen-bond donors (Lipinski definition) is 1. The largest absolute Gasteiger partial charge is 0.491 e. The van der Waals surface area contributed by atoms with Crippen LogP contribution in [0, 0.1) is 0 Å². The molecule has 0 radical (unpaired) electrons. The first kappa shape index (κ1) is 14.5. The zero-order valence-corrected chi connectivity index (χ0v) is 11.8. The van der Waals surface area contributed by atoms with Crippen molar-refractivity contribution in [1.82, 2.24) is 4.98 Å². The van der Waals surface area contributed by atoms with Crippen molar-refractivity contribution in [3.05, 3.63) is 23.0 Å². The molecule has 1 aliphatic heterocycles. The highest BCUT2D eigenvalue weighted by molar-refractivity contribution is 6.29. The van der Waals surface area contributed by atoms with Crippen molar-refractivity contribution in [2.24, 2.45) is 0 Å². The topological polar surface area (TPSA) is 60.8 Å². The van der Waals surface area contributed by atoms with Gasteiger partial charge in [0.25, 0.3) is 0 Å². The van der Waals surface area contributed by atoms with Crippen LogP contribution in [0.15, 0.2) is 12.1 Å². The van der Waals surface area contributed by atoms with E-state index >= 15 is 0 Å². The van der Waals surface area contributed by atoms with Crippen molar-refractivity contribution >= 4 is 11.6 Å². The summed E-state index contributed by atoms with van der Waals surface area (Å²) < 4.78 is 15.9. The van der Waals surface area contributed by atoms with Crippen LogP contribution in [0.5, 0.6) is 5.75 Å². The molecule has 19 heavy (non-hydrogen) atoms. The molecule has 1 saturated heterocycles. The Labute approximate surface area is 117 Å². The van der Waals surface area contributed by atoms with Gasteiger partial charge in [0.1, 0.15) is 23.1 Å². The van der Waals surface area contributed by atoms with Crippen LogP contribution in [0.3, 0.4) is 0 Å². The Bertz CT molecular complexity index is 435. The number of rotatable bonds is 5. The second-order valence-electron chi connectivity index (χ2n) is 4.70. The third-order valence-corrected chi connectivity index (χ3v) is 3.33. The monoisotopic (exact) mass is 287 g/mol. The van der Waals surface area contributed by atoms with E-state index in [0.717, 1.165) is 0 Å². The van der Waals surface area contributed by atoms with Crippen LogP contribution in [0.1, 0.15) is 19.0 Å². The molecule has 106 valence electrons. The molecule has 0 aliphatic carbocycles. The van der Waals surface area contributed by atoms with Crippen LogP contribution in [0.4, 0.5) is 0 Å². The highest BCUT2D eigenvalue weighted by Crippen LogP contribution is 2.32. The third kappa shape index (κ3) is 3.57. The lowest BCUT2D eigenvalue weighted by molar-refractivity contribution is 0.0190. The van der Waals surface area contributed by atoms with Crippen LogP contribution >= 0.6 is 11.6 Å². The van der Waals surface area contributed by atoms with Gasteiger partial charge in [-0.05, 0) is 6.92 Å². The van der Waals surface area contributed by atoms with Crippen molar-refractivity contribution in [1.29, 1.82) is 0 Å². The summed E-state index contributed by atoms with van der Waals surface area (Å²) in [6.45, 7) is 3.06. The normalized spacial score (nSPS) is 24.4. The highest BCUT2D eigenvalue weighted by Gasteiger charge is 2.36. The smallest absolute Gasteiger partial charge is 0.133 e. The molecule has 1 aromatic rings. The highest BCUT2D eigenvalue weighted by atomic mass is 35.5.